The number of rotatable bonds is 5. The molecule has 0 atom stereocenters. The van der Waals surface area contributed by atoms with Crippen molar-refractivity contribution < 1.29 is 13.5 Å². The molecule has 1 aliphatic rings. The van der Waals surface area contributed by atoms with Crippen LogP contribution in [0.25, 0.3) is 0 Å². The number of alkyl halides is 2. The summed E-state index contributed by atoms with van der Waals surface area (Å²) in [6, 6.07) is 7.41. The van der Waals surface area contributed by atoms with Gasteiger partial charge in [-0.15, -0.1) is 12.4 Å². The molecule has 1 fully saturated rings. The molecule has 18 heavy (non-hydrogen) atoms. The number of hydrogen-bond donors (Lipinski definition) is 1. The smallest absolute Gasteiger partial charge is 0.387 e. The molecule has 2 rings (SSSR count). The molecule has 1 aliphatic heterocycles. The van der Waals surface area contributed by atoms with Crippen molar-refractivity contribution in [3.05, 3.63) is 29.8 Å². The molecular formula is C12H17ClF2N2O. The second-order valence-corrected chi connectivity index (χ2v) is 4.21. The molecule has 1 N–H and O–H groups in total. The Morgan fingerprint density at radius 2 is 2.06 bits per heavy atom. The lowest BCUT2D eigenvalue weighted by atomic mass is 10.1. The van der Waals surface area contributed by atoms with Crippen molar-refractivity contribution in [2.75, 3.05) is 20.1 Å². The Hall–Kier alpha value is -0.910. The number of benzene rings is 1. The van der Waals surface area contributed by atoms with Crippen LogP contribution in [0.1, 0.15) is 5.56 Å². The topological polar surface area (TPSA) is 24.5 Å². The zero-order chi connectivity index (χ0) is 12.3. The SMILES string of the molecule is CN(Cc1ccccc1OC(F)F)C1CNC1.Cl. The summed E-state index contributed by atoms with van der Waals surface area (Å²) in [5, 5.41) is 3.18. The molecule has 0 bridgehead atoms. The molecule has 0 aromatic heterocycles. The fraction of sp³-hybridized carbons (Fsp3) is 0.500. The van der Waals surface area contributed by atoms with E-state index in [1.807, 2.05) is 19.2 Å². The highest BCUT2D eigenvalue weighted by Crippen LogP contribution is 2.22. The maximum atomic E-state index is 12.2. The van der Waals surface area contributed by atoms with E-state index in [9.17, 15) is 8.78 Å². The van der Waals surface area contributed by atoms with E-state index >= 15 is 0 Å². The number of halogens is 3. The largest absolute Gasteiger partial charge is 0.434 e. The van der Waals surface area contributed by atoms with Gasteiger partial charge >= 0.3 is 6.61 Å². The lowest BCUT2D eigenvalue weighted by molar-refractivity contribution is -0.0508. The third-order valence-electron chi connectivity index (χ3n) is 2.99. The molecule has 0 spiro atoms. The van der Waals surface area contributed by atoms with Crippen LogP contribution >= 0.6 is 12.4 Å². The summed E-state index contributed by atoms with van der Waals surface area (Å²) in [4.78, 5) is 2.14. The molecule has 0 amide bonds. The zero-order valence-electron chi connectivity index (χ0n) is 10.1. The summed E-state index contributed by atoms with van der Waals surface area (Å²) in [5.74, 6) is 0.265. The molecule has 6 heteroatoms. The molecule has 1 aromatic rings. The molecule has 1 heterocycles. The first-order chi connectivity index (χ1) is 8.16. The van der Waals surface area contributed by atoms with Gasteiger partial charge in [0.1, 0.15) is 5.75 Å². The van der Waals surface area contributed by atoms with Gasteiger partial charge in [-0.05, 0) is 13.1 Å². The second kappa shape index (κ2) is 6.87. The van der Waals surface area contributed by atoms with Crippen LogP contribution in [0.4, 0.5) is 8.78 Å². The van der Waals surface area contributed by atoms with Crippen LogP contribution in [0.2, 0.25) is 0 Å². The first kappa shape index (κ1) is 15.1. The van der Waals surface area contributed by atoms with E-state index < -0.39 is 6.61 Å². The van der Waals surface area contributed by atoms with E-state index in [-0.39, 0.29) is 18.2 Å². The summed E-state index contributed by atoms with van der Waals surface area (Å²) in [5.41, 5.74) is 0.794. The Balaban J connectivity index is 0.00000162. The van der Waals surface area contributed by atoms with Crippen molar-refractivity contribution in [3.8, 4) is 5.75 Å². The van der Waals surface area contributed by atoms with Crippen LogP contribution in [-0.2, 0) is 6.54 Å². The van der Waals surface area contributed by atoms with Gasteiger partial charge in [0.05, 0.1) is 0 Å². The highest BCUT2D eigenvalue weighted by atomic mass is 35.5. The standard InChI is InChI=1S/C12H16F2N2O.ClH/c1-16(10-6-15-7-10)8-9-4-2-3-5-11(9)17-12(13)14;/h2-5,10,12,15H,6-8H2,1H3;1H. The van der Waals surface area contributed by atoms with Gasteiger partial charge in [-0.3, -0.25) is 4.90 Å². The Morgan fingerprint density at radius 3 is 2.61 bits per heavy atom. The predicted molar refractivity (Wildman–Crippen MR) is 68.4 cm³/mol. The number of para-hydroxylation sites is 1. The summed E-state index contributed by atoms with van der Waals surface area (Å²) in [7, 11) is 1.99. The maximum absolute atomic E-state index is 12.2. The monoisotopic (exact) mass is 278 g/mol. The lowest BCUT2D eigenvalue weighted by Crippen LogP contribution is -2.55. The van der Waals surface area contributed by atoms with E-state index in [1.165, 1.54) is 0 Å². The van der Waals surface area contributed by atoms with Crippen molar-refractivity contribution in [2.45, 2.75) is 19.2 Å². The zero-order valence-corrected chi connectivity index (χ0v) is 10.9. The first-order valence-electron chi connectivity index (χ1n) is 5.60. The number of nitrogens with one attached hydrogen (secondary N) is 1. The van der Waals surface area contributed by atoms with Gasteiger partial charge in [0.15, 0.2) is 0 Å². The summed E-state index contributed by atoms with van der Waals surface area (Å²) >= 11 is 0. The average Bonchev–Trinajstić information content (AvgIpc) is 2.17. The first-order valence-corrected chi connectivity index (χ1v) is 5.60. The highest BCUT2D eigenvalue weighted by molar-refractivity contribution is 5.85. The van der Waals surface area contributed by atoms with Crippen LogP contribution in [0.15, 0.2) is 24.3 Å². The van der Waals surface area contributed by atoms with Crippen LogP contribution in [-0.4, -0.2) is 37.7 Å². The third-order valence-corrected chi connectivity index (χ3v) is 2.99. The van der Waals surface area contributed by atoms with Gasteiger partial charge in [-0.1, -0.05) is 18.2 Å². The number of nitrogens with zero attached hydrogens (tertiary/aromatic N) is 1. The van der Waals surface area contributed by atoms with Crippen molar-refractivity contribution in [1.82, 2.24) is 10.2 Å². The Bertz CT molecular complexity index is 375. The van der Waals surface area contributed by atoms with Crippen LogP contribution in [0, 0.1) is 0 Å². The van der Waals surface area contributed by atoms with Crippen LogP contribution in [0.3, 0.4) is 0 Å². The van der Waals surface area contributed by atoms with E-state index in [0.29, 0.717) is 12.6 Å². The fourth-order valence-electron chi connectivity index (χ4n) is 1.83. The fourth-order valence-corrected chi connectivity index (χ4v) is 1.83. The van der Waals surface area contributed by atoms with Crippen molar-refractivity contribution in [3.63, 3.8) is 0 Å². The van der Waals surface area contributed by atoms with Gasteiger partial charge in [0.25, 0.3) is 0 Å². The van der Waals surface area contributed by atoms with E-state index in [4.69, 9.17) is 0 Å². The lowest BCUT2D eigenvalue weighted by Gasteiger charge is -2.35. The number of likely N-dealkylation sites (N-methyl/N-ethyl adjacent to an activating group) is 1. The predicted octanol–water partition coefficient (Wildman–Crippen LogP) is 2.11. The Kier molecular flexibility index (Phi) is 5.78. The molecule has 0 unspecified atom stereocenters. The quantitative estimate of drug-likeness (QED) is 0.893. The Labute approximate surface area is 112 Å². The molecule has 0 radical (unpaired) electrons. The summed E-state index contributed by atoms with van der Waals surface area (Å²) in [6.45, 7) is -0.246. The molecule has 102 valence electrons. The minimum Gasteiger partial charge on any atom is -0.434 e. The van der Waals surface area contributed by atoms with Crippen molar-refractivity contribution in [2.24, 2.45) is 0 Å². The maximum Gasteiger partial charge on any atom is 0.387 e. The minimum absolute atomic E-state index is 0. The van der Waals surface area contributed by atoms with Crippen molar-refractivity contribution in [1.29, 1.82) is 0 Å². The molecule has 1 saturated heterocycles. The van der Waals surface area contributed by atoms with Crippen LogP contribution < -0.4 is 10.1 Å². The van der Waals surface area contributed by atoms with Crippen LogP contribution in [0.5, 0.6) is 5.75 Å². The van der Waals surface area contributed by atoms with E-state index in [1.54, 1.807) is 12.1 Å². The number of ether oxygens (including phenoxy) is 1. The van der Waals surface area contributed by atoms with Gasteiger partial charge in [0.2, 0.25) is 0 Å². The van der Waals surface area contributed by atoms with E-state index in [0.717, 1.165) is 18.7 Å². The average molecular weight is 279 g/mol. The third kappa shape index (κ3) is 3.80. The Morgan fingerprint density at radius 1 is 1.39 bits per heavy atom. The highest BCUT2D eigenvalue weighted by Gasteiger charge is 2.22. The van der Waals surface area contributed by atoms with Gasteiger partial charge < -0.3 is 10.1 Å². The molecular weight excluding hydrogens is 262 g/mol. The molecule has 1 aromatic carbocycles. The van der Waals surface area contributed by atoms with E-state index in [2.05, 4.69) is 15.0 Å². The van der Waals surface area contributed by atoms with Gasteiger partial charge in [-0.25, -0.2) is 0 Å². The summed E-state index contributed by atoms with van der Waals surface area (Å²) in [6.07, 6.45) is 0. The van der Waals surface area contributed by atoms with Gasteiger partial charge in [-0.2, -0.15) is 8.78 Å². The minimum atomic E-state index is -2.77. The summed E-state index contributed by atoms with van der Waals surface area (Å²) < 4.78 is 29.0. The van der Waals surface area contributed by atoms with Crippen molar-refractivity contribution >= 4 is 12.4 Å². The normalized spacial score (nSPS) is 15.4. The molecule has 0 aliphatic carbocycles. The number of hydrogen-bond acceptors (Lipinski definition) is 3. The molecule has 0 saturated carbocycles. The molecule has 3 nitrogen and oxygen atoms in total. The second-order valence-electron chi connectivity index (χ2n) is 4.21. The van der Waals surface area contributed by atoms with Gasteiger partial charge in [0, 0.05) is 31.2 Å².